The highest BCUT2D eigenvalue weighted by atomic mass is 127. The summed E-state index contributed by atoms with van der Waals surface area (Å²) in [7, 11) is 4.17. The molecule has 0 bridgehead atoms. The van der Waals surface area contributed by atoms with Crippen LogP contribution in [0.5, 0.6) is 0 Å². The first-order valence-electron chi connectivity index (χ1n) is 2.80. The smallest absolute Gasteiger partial charge is 0.0890 e. The van der Waals surface area contributed by atoms with Crippen molar-refractivity contribution in [2.24, 2.45) is 0 Å². The molecule has 0 N–H and O–H groups in total. The first-order valence-corrected chi connectivity index (χ1v) is 2.80. The second kappa shape index (κ2) is 3.29. The van der Waals surface area contributed by atoms with Gasteiger partial charge < -0.3 is 33.8 Å². The predicted octanol–water partition coefficient (Wildman–Crippen LogP) is -2.31. The minimum Gasteiger partial charge on any atom is -1.00 e. The van der Waals surface area contributed by atoms with Crippen LogP contribution in [0.3, 0.4) is 0 Å². The summed E-state index contributed by atoms with van der Waals surface area (Å²) in [6.07, 6.45) is 2.14. The zero-order valence-corrected chi connectivity index (χ0v) is 8.21. The normalized spacial score (nSPS) is 17.4. The summed E-state index contributed by atoms with van der Waals surface area (Å²) in [4.78, 5) is 4.37. The standard InChI is InChI=1S/C6H12N2.HI/c1-6-4-7(2)5-8(6)3;/h4H,5H2,1-3H3;1H/p-1. The molecule has 1 aliphatic rings. The molecule has 2 nitrogen and oxygen atoms in total. The lowest BCUT2D eigenvalue weighted by molar-refractivity contribution is -0.00000186. The van der Waals surface area contributed by atoms with Crippen LogP contribution in [0.1, 0.15) is 6.92 Å². The highest BCUT2D eigenvalue weighted by Gasteiger charge is 2.07. The zero-order chi connectivity index (χ0) is 6.15. The summed E-state index contributed by atoms with van der Waals surface area (Å²) < 4.78 is 0. The fraction of sp³-hybridized carbons (Fsp3) is 0.667. The molecule has 0 unspecified atom stereocenters. The Morgan fingerprint density at radius 3 is 2.11 bits per heavy atom. The SMILES string of the molecule is CC1=CN(C)CN1C.[I-]. The van der Waals surface area contributed by atoms with Gasteiger partial charge in [0.05, 0.1) is 6.67 Å². The first-order chi connectivity index (χ1) is 3.70. The van der Waals surface area contributed by atoms with Crippen LogP contribution in [0.15, 0.2) is 11.9 Å². The Labute approximate surface area is 73.5 Å². The molecule has 1 aliphatic heterocycles. The first kappa shape index (κ1) is 9.07. The lowest BCUT2D eigenvalue weighted by Crippen LogP contribution is -3.00. The molecular formula is C6H12IN2-. The van der Waals surface area contributed by atoms with Gasteiger partial charge in [0.1, 0.15) is 0 Å². The molecule has 0 atom stereocenters. The van der Waals surface area contributed by atoms with Crippen molar-refractivity contribution in [2.75, 3.05) is 20.8 Å². The van der Waals surface area contributed by atoms with E-state index in [1.165, 1.54) is 5.70 Å². The van der Waals surface area contributed by atoms with Crippen molar-refractivity contribution in [2.45, 2.75) is 6.92 Å². The van der Waals surface area contributed by atoms with Gasteiger partial charge in [-0.25, -0.2) is 0 Å². The molecule has 3 heteroatoms. The summed E-state index contributed by atoms with van der Waals surface area (Å²) in [5.41, 5.74) is 1.34. The van der Waals surface area contributed by atoms with Crippen LogP contribution in [0, 0.1) is 0 Å². The van der Waals surface area contributed by atoms with Gasteiger partial charge in [-0.3, -0.25) is 0 Å². The number of nitrogens with zero attached hydrogens (tertiary/aromatic N) is 2. The lowest BCUT2D eigenvalue weighted by atomic mass is 10.5. The predicted molar refractivity (Wildman–Crippen MR) is 34.1 cm³/mol. The molecule has 0 aromatic carbocycles. The molecule has 54 valence electrons. The second-order valence-corrected chi connectivity index (χ2v) is 2.37. The molecule has 0 saturated heterocycles. The Kier molecular flexibility index (Phi) is 3.32. The topological polar surface area (TPSA) is 6.48 Å². The van der Waals surface area contributed by atoms with E-state index in [0.29, 0.717) is 0 Å². The number of halogens is 1. The van der Waals surface area contributed by atoms with E-state index in [4.69, 9.17) is 0 Å². The van der Waals surface area contributed by atoms with E-state index in [-0.39, 0.29) is 24.0 Å². The maximum atomic E-state index is 2.21. The summed E-state index contributed by atoms with van der Waals surface area (Å²) in [5, 5.41) is 0. The summed E-state index contributed by atoms with van der Waals surface area (Å²) in [5.74, 6) is 0. The van der Waals surface area contributed by atoms with Crippen LogP contribution < -0.4 is 24.0 Å². The van der Waals surface area contributed by atoms with Gasteiger partial charge in [-0.2, -0.15) is 0 Å². The van der Waals surface area contributed by atoms with Crippen LogP contribution in [0.25, 0.3) is 0 Å². The fourth-order valence-electron chi connectivity index (χ4n) is 0.904. The Hall–Kier alpha value is 0.0700. The molecule has 0 saturated carbocycles. The van der Waals surface area contributed by atoms with Gasteiger partial charge in [0.2, 0.25) is 0 Å². The van der Waals surface area contributed by atoms with Gasteiger partial charge in [0, 0.05) is 26.0 Å². The maximum Gasteiger partial charge on any atom is 0.0890 e. The molecule has 0 amide bonds. The Morgan fingerprint density at radius 1 is 1.44 bits per heavy atom. The van der Waals surface area contributed by atoms with Crippen molar-refractivity contribution in [3.63, 3.8) is 0 Å². The van der Waals surface area contributed by atoms with Gasteiger partial charge in [0.15, 0.2) is 0 Å². The molecule has 1 rings (SSSR count). The van der Waals surface area contributed by atoms with Crippen molar-refractivity contribution < 1.29 is 24.0 Å². The summed E-state index contributed by atoms with van der Waals surface area (Å²) >= 11 is 0. The monoisotopic (exact) mass is 239 g/mol. The number of rotatable bonds is 0. The minimum atomic E-state index is 0. The molecule has 9 heavy (non-hydrogen) atoms. The summed E-state index contributed by atoms with van der Waals surface area (Å²) in [6, 6.07) is 0. The quantitative estimate of drug-likeness (QED) is 0.438. The average Bonchev–Trinajstić information content (AvgIpc) is 1.85. The number of allylic oxidation sites excluding steroid dienone is 1. The number of hydrogen-bond donors (Lipinski definition) is 0. The minimum absolute atomic E-state index is 0. The highest BCUT2D eigenvalue weighted by molar-refractivity contribution is 5.00. The third-order valence-corrected chi connectivity index (χ3v) is 1.44. The summed E-state index contributed by atoms with van der Waals surface area (Å²) in [6.45, 7) is 3.15. The van der Waals surface area contributed by atoms with E-state index in [1.54, 1.807) is 0 Å². The van der Waals surface area contributed by atoms with Gasteiger partial charge in [0.25, 0.3) is 0 Å². The van der Waals surface area contributed by atoms with Crippen molar-refractivity contribution in [3.05, 3.63) is 11.9 Å². The molecular weight excluding hydrogens is 227 g/mol. The van der Waals surface area contributed by atoms with Crippen LogP contribution in [0.4, 0.5) is 0 Å². The van der Waals surface area contributed by atoms with Crippen molar-refractivity contribution in [1.29, 1.82) is 0 Å². The third kappa shape index (κ3) is 2.04. The van der Waals surface area contributed by atoms with Crippen LogP contribution in [-0.2, 0) is 0 Å². The van der Waals surface area contributed by atoms with E-state index >= 15 is 0 Å². The van der Waals surface area contributed by atoms with Gasteiger partial charge in [-0.05, 0) is 6.92 Å². The highest BCUT2D eigenvalue weighted by Crippen LogP contribution is 2.08. The third-order valence-electron chi connectivity index (χ3n) is 1.44. The molecule has 0 radical (unpaired) electrons. The zero-order valence-electron chi connectivity index (χ0n) is 6.06. The van der Waals surface area contributed by atoms with E-state index in [9.17, 15) is 0 Å². The van der Waals surface area contributed by atoms with Crippen molar-refractivity contribution in [1.82, 2.24) is 9.80 Å². The Balaban J connectivity index is 0.000000640. The molecule has 0 fully saturated rings. The molecule has 1 heterocycles. The van der Waals surface area contributed by atoms with Crippen LogP contribution in [-0.4, -0.2) is 30.6 Å². The molecule has 0 spiro atoms. The number of hydrogen-bond acceptors (Lipinski definition) is 2. The van der Waals surface area contributed by atoms with Gasteiger partial charge in [-0.15, -0.1) is 0 Å². The van der Waals surface area contributed by atoms with Crippen LogP contribution in [0.2, 0.25) is 0 Å². The van der Waals surface area contributed by atoms with E-state index in [2.05, 4.69) is 37.0 Å². The fourth-order valence-corrected chi connectivity index (χ4v) is 0.904. The Bertz CT molecular complexity index is 122. The Morgan fingerprint density at radius 2 is 2.00 bits per heavy atom. The van der Waals surface area contributed by atoms with E-state index in [0.717, 1.165) is 6.67 Å². The average molecular weight is 239 g/mol. The second-order valence-electron chi connectivity index (χ2n) is 2.37. The van der Waals surface area contributed by atoms with Gasteiger partial charge >= 0.3 is 0 Å². The van der Waals surface area contributed by atoms with Crippen molar-refractivity contribution >= 4 is 0 Å². The largest absolute Gasteiger partial charge is 1.00 e. The molecule has 0 aromatic rings. The van der Waals surface area contributed by atoms with Crippen LogP contribution >= 0.6 is 0 Å². The van der Waals surface area contributed by atoms with E-state index in [1.807, 2.05) is 0 Å². The lowest BCUT2D eigenvalue weighted by Gasteiger charge is -2.13. The van der Waals surface area contributed by atoms with Crippen molar-refractivity contribution in [3.8, 4) is 0 Å². The van der Waals surface area contributed by atoms with E-state index < -0.39 is 0 Å². The maximum absolute atomic E-state index is 2.21. The van der Waals surface area contributed by atoms with Gasteiger partial charge in [-0.1, -0.05) is 0 Å². The molecule has 0 aromatic heterocycles. The molecule has 0 aliphatic carbocycles.